The first-order valence-electron chi connectivity index (χ1n) is 6.07. The van der Waals surface area contributed by atoms with Gasteiger partial charge in [-0.15, -0.1) is 0 Å². The third-order valence-electron chi connectivity index (χ3n) is 3.00. The monoisotopic (exact) mass is 295 g/mol. The molecule has 0 bridgehead atoms. The van der Waals surface area contributed by atoms with E-state index >= 15 is 0 Å². The lowest BCUT2D eigenvalue weighted by molar-refractivity contribution is 0.977. The molecule has 0 saturated carbocycles. The van der Waals surface area contributed by atoms with Crippen LogP contribution in [0.15, 0.2) is 18.2 Å². The summed E-state index contributed by atoms with van der Waals surface area (Å²) in [6.07, 6.45) is 0.858. The number of rotatable bonds is 3. The highest BCUT2D eigenvalue weighted by molar-refractivity contribution is 6.42. The molecule has 0 amide bonds. The Bertz CT molecular complexity index is 587. The van der Waals surface area contributed by atoms with Gasteiger partial charge in [0.25, 0.3) is 0 Å². The molecule has 1 heterocycles. The normalized spacial score (nSPS) is 10.6. The van der Waals surface area contributed by atoms with Crippen molar-refractivity contribution in [3.05, 3.63) is 39.5 Å². The van der Waals surface area contributed by atoms with E-state index in [2.05, 4.69) is 22.2 Å². The molecule has 0 saturated heterocycles. The Balaban J connectivity index is 2.58. The van der Waals surface area contributed by atoms with Gasteiger partial charge in [-0.05, 0) is 31.5 Å². The molecule has 0 unspecified atom stereocenters. The molecule has 0 aliphatic heterocycles. The van der Waals surface area contributed by atoms with Crippen molar-refractivity contribution < 1.29 is 0 Å². The van der Waals surface area contributed by atoms with Crippen molar-refractivity contribution in [1.29, 1.82) is 0 Å². The van der Waals surface area contributed by atoms with Gasteiger partial charge in [-0.1, -0.05) is 30.1 Å². The zero-order valence-corrected chi connectivity index (χ0v) is 12.6. The van der Waals surface area contributed by atoms with Crippen LogP contribution in [0.2, 0.25) is 10.0 Å². The van der Waals surface area contributed by atoms with Crippen LogP contribution >= 0.6 is 23.2 Å². The van der Waals surface area contributed by atoms with Gasteiger partial charge < -0.3 is 5.32 Å². The fourth-order valence-corrected chi connectivity index (χ4v) is 2.21. The van der Waals surface area contributed by atoms with Gasteiger partial charge >= 0.3 is 0 Å². The van der Waals surface area contributed by atoms with Gasteiger partial charge in [0.2, 0.25) is 0 Å². The first-order valence-corrected chi connectivity index (χ1v) is 6.83. The van der Waals surface area contributed by atoms with Crippen LogP contribution in [-0.2, 0) is 6.42 Å². The lowest BCUT2D eigenvalue weighted by Gasteiger charge is -2.11. The number of halogens is 2. The third kappa shape index (κ3) is 2.82. The minimum atomic E-state index is 0.507. The molecule has 0 fully saturated rings. The summed E-state index contributed by atoms with van der Waals surface area (Å²) < 4.78 is 0. The van der Waals surface area contributed by atoms with Crippen LogP contribution in [0, 0.1) is 6.92 Å². The number of benzene rings is 1. The maximum absolute atomic E-state index is 6.04. The smallest absolute Gasteiger partial charge is 0.161 e. The largest absolute Gasteiger partial charge is 0.373 e. The molecular weight excluding hydrogens is 281 g/mol. The molecule has 0 atom stereocenters. The Labute approximate surface area is 123 Å². The van der Waals surface area contributed by atoms with Crippen molar-refractivity contribution in [2.24, 2.45) is 0 Å². The SMILES string of the molecule is CCc1nc(-c2ccc(Cl)c(Cl)c2)nc(NC)c1C. The lowest BCUT2D eigenvalue weighted by atomic mass is 10.1. The number of hydrogen-bond acceptors (Lipinski definition) is 3. The van der Waals surface area contributed by atoms with Gasteiger partial charge in [0.05, 0.1) is 10.0 Å². The Kier molecular flexibility index (Phi) is 4.27. The van der Waals surface area contributed by atoms with Gasteiger partial charge in [-0.2, -0.15) is 0 Å². The van der Waals surface area contributed by atoms with Gasteiger partial charge in [0.1, 0.15) is 5.82 Å². The number of aromatic nitrogens is 2. The Morgan fingerprint density at radius 3 is 2.47 bits per heavy atom. The van der Waals surface area contributed by atoms with Crippen molar-refractivity contribution >= 4 is 29.0 Å². The molecule has 19 heavy (non-hydrogen) atoms. The van der Waals surface area contributed by atoms with E-state index in [1.807, 2.05) is 20.0 Å². The molecule has 1 aromatic heterocycles. The topological polar surface area (TPSA) is 37.8 Å². The fourth-order valence-electron chi connectivity index (χ4n) is 1.92. The fraction of sp³-hybridized carbons (Fsp3) is 0.286. The van der Waals surface area contributed by atoms with Gasteiger partial charge in [-0.25, -0.2) is 9.97 Å². The van der Waals surface area contributed by atoms with E-state index in [4.69, 9.17) is 23.2 Å². The standard InChI is InChI=1S/C14H15Cl2N3/c1-4-12-8(2)13(17-3)19-14(18-12)9-5-6-10(15)11(16)7-9/h5-7H,4H2,1-3H3,(H,17,18,19). The summed E-state index contributed by atoms with van der Waals surface area (Å²) in [5, 5.41) is 4.13. The second-order valence-electron chi connectivity index (χ2n) is 4.20. The summed E-state index contributed by atoms with van der Waals surface area (Å²) in [6.45, 7) is 4.09. The number of hydrogen-bond donors (Lipinski definition) is 1. The van der Waals surface area contributed by atoms with Crippen LogP contribution in [0.4, 0.5) is 5.82 Å². The maximum Gasteiger partial charge on any atom is 0.161 e. The van der Waals surface area contributed by atoms with Crippen molar-refractivity contribution in [3.8, 4) is 11.4 Å². The van der Waals surface area contributed by atoms with E-state index in [0.29, 0.717) is 15.9 Å². The molecule has 0 aliphatic carbocycles. The van der Waals surface area contributed by atoms with E-state index < -0.39 is 0 Å². The molecular formula is C14H15Cl2N3. The number of nitrogens with zero attached hydrogens (tertiary/aromatic N) is 2. The van der Waals surface area contributed by atoms with Crippen molar-refractivity contribution in [2.45, 2.75) is 20.3 Å². The van der Waals surface area contributed by atoms with Crippen LogP contribution in [0.1, 0.15) is 18.2 Å². The summed E-state index contributed by atoms with van der Waals surface area (Å²) in [4.78, 5) is 9.10. The Morgan fingerprint density at radius 1 is 1.16 bits per heavy atom. The average Bonchev–Trinajstić information content (AvgIpc) is 2.42. The quantitative estimate of drug-likeness (QED) is 0.914. The van der Waals surface area contributed by atoms with Crippen LogP contribution in [0.3, 0.4) is 0 Å². The molecule has 1 N–H and O–H groups in total. The lowest BCUT2D eigenvalue weighted by Crippen LogP contribution is -2.04. The molecule has 1 aromatic carbocycles. The second kappa shape index (κ2) is 5.76. The Morgan fingerprint density at radius 2 is 1.89 bits per heavy atom. The predicted molar refractivity (Wildman–Crippen MR) is 81.1 cm³/mol. The molecule has 3 nitrogen and oxygen atoms in total. The van der Waals surface area contributed by atoms with Crippen LogP contribution in [0.25, 0.3) is 11.4 Å². The molecule has 0 radical (unpaired) electrons. The maximum atomic E-state index is 6.04. The number of nitrogens with one attached hydrogen (secondary N) is 1. The van der Waals surface area contributed by atoms with Gasteiger partial charge in [-0.3, -0.25) is 0 Å². The highest BCUT2D eigenvalue weighted by Gasteiger charge is 2.11. The molecule has 0 spiro atoms. The number of aryl methyl sites for hydroxylation is 1. The van der Waals surface area contributed by atoms with E-state index in [1.54, 1.807) is 12.1 Å². The van der Waals surface area contributed by atoms with Crippen molar-refractivity contribution in [1.82, 2.24) is 9.97 Å². The van der Waals surface area contributed by atoms with Gasteiger partial charge in [0.15, 0.2) is 5.82 Å². The van der Waals surface area contributed by atoms with Crippen LogP contribution < -0.4 is 5.32 Å². The average molecular weight is 296 g/mol. The summed E-state index contributed by atoms with van der Waals surface area (Å²) in [7, 11) is 1.85. The highest BCUT2D eigenvalue weighted by atomic mass is 35.5. The first kappa shape index (κ1) is 14.1. The molecule has 100 valence electrons. The van der Waals surface area contributed by atoms with E-state index in [-0.39, 0.29) is 0 Å². The minimum absolute atomic E-state index is 0.507. The summed E-state index contributed by atoms with van der Waals surface area (Å²) in [5.74, 6) is 1.50. The zero-order valence-electron chi connectivity index (χ0n) is 11.1. The summed E-state index contributed by atoms with van der Waals surface area (Å²) in [6, 6.07) is 5.41. The molecule has 2 rings (SSSR count). The molecule has 5 heteroatoms. The van der Waals surface area contributed by atoms with E-state index in [1.165, 1.54) is 0 Å². The third-order valence-corrected chi connectivity index (χ3v) is 3.74. The Hall–Kier alpha value is -1.32. The molecule has 2 aromatic rings. The van der Waals surface area contributed by atoms with E-state index in [9.17, 15) is 0 Å². The summed E-state index contributed by atoms with van der Waals surface area (Å²) in [5.41, 5.74) is 2.97. The highest BCUT2D eigenvalue weighted by Crippen LogP contribution is 2.28. The molecule has 0 aliphatic rings. The first-order chi connectivity index (χ1) is 9.06. The second-order valence-corrected chi connectivity index (χ2v) is 5.01. The van der Waals surface area contributed by atoms with Crippen LogP contribution in [-0.4, -0.2) is 17.0 Å². The zero-order chi connectivity index (χ0) is 14.0. The van der Waals surface area contributed by atoms with Crippen molar-refractivity contribution in [3.63, 3.8) is 0 Å². The predicted octanol–water partition coefficient (Wildman–Crippen LogP) is 4.36. The summed E-state index contributed by atoms with van der Waals surface area (Å²) >= 11 is 12.0. The van der Waals surface area contributed by atoms with Crippen molar-refractivity contribution in [2.75, 3.05) is 12.4 Å². The van der Waals surface area contributed by atoms with Gasteiger partial charge in [0, 0.05) is 23.9 Å². The van der Waals surface area contributed by atoms with E-state index in [0.717, 1.165) is 29.1 Å². The van der Waals surface area contributed by atoms with Crippen LogP contribution in [0.5, 0.6) is 0 Å². The number of anilines is 1. The minimum Gasteiger partial charge on any atom is -0.373 e.